The van der Waals surface area contributed by atoms with Crippen LogP contribution in [0.25, 0.3) is 10.8 Å². The van der Waals surface area contributed by atoms with Crippen LogP contribution in [-0.4, -0.2) is 28.6 Å². The van der Waals surface area contributed by atoms with E-state index in [2.05, 4.69) is 37.5 Å². The molecule has 42 heavy (non-hydrogen) atoms. The summed E-state index contributed by atoms with van der Waals surface area (Å²) < 4.78 is 0. The normalized spacial score (nSPS) is 14.6. The van der Waals surface area contributed by atoms with Crippen LogP contribution in [-0.2, 0) is 17.6 Å². The van der Waals surface area contributed by atoms with E-state index in [0.29, 0.717) is 32.9 Å². The molecule has 7 nitrogen and oxygen atoms in total. The molecule has 2 amide bonds. The highest BCUT2D eigenvalue weighted by atomic mass is 32.2. The van der Waals surface area contributed by atoms with Crippen LogP contribution in [0.2, 0.25) is 0 Å². The van der Waals surface area contributed by atoms with Gasteiger partial charge in [-0.2, -0.15) is 5.26 Å². The van der Waals surface area contributed by atoms with E-state index < -0.39 is 11.9 Å². The number of benzene rings is 3. The van der Waals surface area contributed by atoms with E-state index in [4.69, 9.17) is 0 Å². The second-order valence-electron chi connectivity index (χ2n) is 11.5. The van der Waals surface area contributed by atoms with Crippen LogP contribution in [0.5, 0.6) is 0 Å². The number of aromatic carboxylic acids is 1. The highest BCUT2D eigenvalue weighted by Gasteiger charge is 2.32. The number of thiophene rings is 1. The number of nitrogens with one attached hydrogen (secondary N) is 2. The van der Waals surface area contributed by atoms with Crippen molar-refractivity contribution in [1.29, 1.82) is 5.26 Å². The molecular formula is C33H31N3O4S2. The summed E-state index contributed by atoms with van der Waals surface area (Å²) in [6, 6.07) is 19.5. The van der Waals surface area contributed by atoms with Crippen molar-refractivity contribution in [1.82, 2.24) is 0 Å². The van der Waals surface area contributed by atoms with E-state index in [-0.39, 0.29) is 28.2 Å². The minimum atomic E-state index is -1.10. The Kier molecular flexibility index (Phi) is 8.39. The van der Waals surface area contributed by atoms with Gasteiger partial charge in [0.2, 0.25) is 5.91 Å². The van der Waals surface area contributed by atoms with Crippen molar-refractivity contribution in [2.75, 3.05) is 16.4 Å². The lowest BCUT2D eigenvalue weighted by molar-refractivity contribution is -0.113. The maximum absolute atomic E-state index is 13.2. The van der Waals surface area contributed by atoms with Gasteiger partial charge < -0.3 is 15.7 Å². The quantitative estimate of drug-likeness (QED) is 0.189. The Balaban J connectivity index is 1.25. The number of carbonyl (C=O) groups excluding carboxylic acids is 2. The predicted octanol–water partition coefficient (Wildman–Crippen LogP) is 7.61. The van der Waals surface area contributed by atoms with Crippen molar-refractivity contribution >= 4 is 62.3 Å². The van der Waals surface area contributed by atoms with E-state index in [1.807, 2.05) is 6.07 Å². The van der Waals surface area contributed by atoms with Crippen LogP contribution >= 0.6 is 23.1 Å². The van der Waals surface area contributed by atoms with Crippen LogP contribution in [0, 0.1) is 22.7 Å². The Morgan fingerprint density at radius 2 is 1.76 bits per heavy atom. The molecule has 1 unspecified atom stereocenters. The van der Waals surface area contributed by atoms with Crippen molar-refractivity contribution < 1.29 is 19.5 Å². The number of rotatable bonds is 7. The second kappa shape index (κ2) is 12.0. The third-order valence-electron chi connectivity index (χ3n) is 7.70. The van der Waals surface area contributed by atoms with Crippen molar-refractivity contribution in [3.05, 3.63) is 87.8 Å². The molecule has 9 heteroatoms. The van der Waals surface area contributed by atoms with Crippen molar-refractivity contribution in [2.24, 2.45) is 11.3 Å². The van der Waals surface area contributed by atoms with Crippen LogP contribution in [0.4, 0.5) is 10.7 Å². The third kappa shape index (κ3) is 6.20. The fourth-order valence-corrected chi connectivity index (χ4v) is 7.46. The van der Waals surface area contributed by atoms with Gasteiger partial charge in [0.25, 0.3) is 5.91 Å². The highest BCUT2D eigenvalue weighted by molar-refractivity contribution is 8.00. The maximum atomic E-state index is 13.2. The summed E-state index contributed by atoms with van der Waals surface area (Å²) in [5, 5.41) is 27.0. The molecule has 1 atom stereocenters. The number of nitrogens with zero attached hydrogens (tertiary/aromatic N) is 1. The lowest BCUT2D eigenvalue weighted by Crippen LogP contribution is -2.26. The summed E-state index contributed by atoms with van der Waals surface area (Å²) >= 11 is 2.85. The number of carboxylic acids is 1. The smallest absolute Gasteiger partial charge is 0.336 e. The number of fused-ring (bicyclic) bond motifs is 2. The summed E-state index contributed by atoms with van der Waals surface area (Å²) in [5.41, 5.74) is 2.72. The molecule has 0 radical (unpaired) electrons. The third-order valence-corrected chi connectivity index (χ3v) is 9.86. The van der Waals surface area contributed by atoms with Crippen LogP contribution < -0.4 is 10.6 Å². The first-order valence-electron chi connectivity index (χ1n) is 13.7. The summed E-state index contributed by atoms with van der Waals surface area (Å²) in [6.45, 7) is 6.75. The molecule has 0 aliphatic heterocycles. The van der Waals surface area contributed by atoms with Gasteiger partial charge >= 0.3 is 5.97 Å². The van der Waals surface area contributed by atoms with Gasteiger partial charge in [-0.1, -0.05) is 51.1 Å². The molecule has 5 rings (SSSR count). The first kappa shape index (κ1) is 29.4. The van der Waals surface area contributed by atoms with Crippen LogP contribution in [0.3, 0.4) is 0 Å². The van der Waals surface area contributed by atoms with E-state index in [1.165, 1.54) is 34.0 Å². The molecule has 0 fully saturated rings. The lowest BCUT2D eigenvalue weighted by Gasteiger charge is -2.33. The van der Waals surface area contributed by atoms with Gasteiger partial charge in [0.15, 0.2) is 0 Å². The number of thioether (sulfide) groups is 1. The Morgan fingerprint density at radius 3 is 2.45 bits per heavy atom. The van der Waals surface area contributed by atoms with Gasteiger partial charge in [0.05, 0.1) is 16.9 Å². The first-order valence-corrected chi connectivity index (χ1v) is 15.5. The molecule has 0 saturated carbocycles. The van der Waals surface area contributed by atoms with E-state index in [9.17, 15) is 24.8 Å². The van der Waals surface area contributed by atoms with Gasteiger partial charge in [-0.25, -0.2) is 4.79 Å². The molecular weight excluding hydrogens is 567 g/mol. The summed E-state index contributed by atoms with van der Waals surface area (Å²) in [7, 11) is 0. The SMILES string of the molecule is CC(C)(C)C1CCc2c(sc(NC(=O)CSc3cccc(NC(=O)c4cccc5cccc(C(=O)O)c45)c3)c2C#N)C1. The van der Waals surface area contributed by atoms with E-state index in [0.717, 1.165) is 29.7 Å². The summed E-state index contributed by atoms with van der Waals surface area (Å²) in [5.74, 6) is -1.04. The maximum Gasteiger partial charge on any atom is 0.336 e. The summed E-state index contributed by atoms with van der Waals surface area (Å²) in [4.78, 5) is 39.9. The minimum Gasteiger partial charge on any atom is -0.478 e. The molecule has 0 spiro atoms. The average molecular weight is 598 g/mol. The van der Waals surface area contributed by atoms with Crippen molar-refractivity contribution in [3.8, 4) is 6.07 Å². The summed E-state index contributed by atoms with van der Waals surface area (Å²) in [6.07, 6.45) is 2.83. The zero-order valence-electron chi connectivity index (χ0n) is 23.6. The monoisotopic (exact) mass is 597 g/mol. The van der Waals surface area contributed by atoms with Gasteiger partial charge in [-0.15, -0.1) is 23.1 Å². The molecule has 1 aromatic heterocycles. The molecule has 0 bridgehead atoms. The number of carboxylic acid groups (broad SMARTS) is 1. The molecule has 0 saturated heterocycles. The molecule has 1 aliphatic rings. The molecule has 1 heterocycles. The number of anilines is 2. The average Bonchev–Trinajstić information content (AvgIpc) is 3.31. The zero-order valence-corrected chi connectivity index (χ0v) is 25.2. The fraction of sp³-hybridized carbons (Fsp3) is 0.273. The molecule has 214 valence electrons. The van der Waals surface area contributed by atoms with Gasteiger partial charge in [-0.05, 0) is 71.9 Å². The van der Waals surface area contributed by atoms with Gasteiger partial charge in [0, 0.05) is 26.4 Å². The van der Waals surface area contributed by atoms with E-state index >= 15 is 0 Å². The highest BCUT2D eigenvalue weighted by Crippen LogP contribution is 2.44. The number of amides is 2. The van der Waals surface area contributed by atoms with Gasteiger partial charge in [0.1, 0.15) is 11.1 Å². The Hall–Kier alpha value is -4.13. The Bertz CT molecular complexity index is 1740. The standard InChI is InChI=1S/C33H31N3O4S2/c1-33(2,3)20-13-14-23-26(17-34)31(42-27(23)15-20)36-28(37)18-41-22-10-6-9-21(16-22)35-30(38)24-11-4-7-19-8-5-12-25(29(19)24)32(39)40/h4-12,16,20H,13-15,18H2,1-3H3,(H,35,38)(H,36,37)(H,39,40). The van der Waals surface area contributed by atoms with Gasteiger partial charge in [-0.3, -0.25) is 9.59 Å². The first-order chi connectivity index (χ1) is 20.0. The molecule has 3 N–H and O–H groups in total. The zero-order chi connectivity index (χ0) is 30.0. The predicted molar refractivity (Wildman–Crippen MR) is 169 cm³/mol. The molecule has 3 aromatic carbocycles. The largest absolute Gasteiger partial charge is 0.478 e. The number of nitriles is 1. The number of hydrogen-bond donors (Lipinski definition) is 3. The lowest BCUT2D eigenvalue weighted by atomic mass is 9.72. The van der Waals surface area contributed by atoms with Crippen LogP contribution in [0.15, 0.2) is 65.6 Å². The van der Waals surface area contributed by atoms with E-state index in [1.54, 1.807) is 48.5 Å². The van der Waals surface area contributed by atoms with Crippen molar-refractivity contribution in [3.63, 3.8) is 0 Å². The van der Waals surface area contributed by atoms with Crippen LogP contribution in [0.1, 0.15) is 63.9 Å². The Labute approximate surface area is 253 Å². The molecule has 1 aliphatic carbocycles. The fourth-order valence-electron chi connectivity index (χ4n) is 5.41. The second-order valence-corrected chi connectivity index (χ2v) is 13.6. The Morgan fingerprint density at radius 1 is 1.05 bits per heavy atom. The molecule has 4 aromatic rings. The topological polar surface area (TPSA) is 119 Å². The number of hydrogen-bond acceptors (Lipinski definition) is 6. The minimum absolute atomic E-state index is 0.0636. The number of carbonyl (C=O) groups is 3. The van der Waals surface area contributed by atoms with Crippen molar-refractivity contribution in [2.45, 2.75) is 44.9 Å².